The molecule has 1 fully saturated rings. The molecule has 3 rings (SSSR count). The maximum absolute atomic E-state index is 13.6. The van der Waals surface area contributed by atoms with Crippen LogP contribution in [0.15, 0.2) is 60.7 Å². The van der Waals surface area contributed by atoms with Crippen molar-refractivity contribution in [3.63, 3.8) is 0 Å². The van der Waals surface area contributed by atoms with E-state index in [4.69, 9.17) is 4.74 Å². The number of ketones is 1. The Labute approximate surface area is 168 Å². The standard InChI is InChI=1S/C25H30O3/c1-24(2,3)28-23(27)21-20(22(26)18-14-10-7-11-15-18)19(16-25(21,4)5)17-12-8-6-9-13-17/h6-15,19-21H,16H2,1-5H3/t19-,20-,21+/m0/s1. The van der Waals surface area contributed by atoms with Gasteiger partial charge < -0.3 is 4.74 Å². The second kappa shape index (κ2) is 7.54. The van der Waals surface area contributed by atoms with E-state index in [-0.39, 0.29) is 23.1 Å². The highest BCUT2D eigenvalue weighted by molar-refractivity contribution is 6.01. The van der Waals surface area contributed by atoms with Crippen LogP contribution in [0.3, 0.4) is 0 Å². The normalized spacial score (nSPS) is 24.0. The quantitative estimate of drug-likeness (QED) is 0.509. The third-order valence-corrected chi connectivity index (χ3v) is 5.63. The van der Waals surface area contributed by atoms with Gasteiger partial charge in [0.25, 0.3) is 0 Å². The van der Waals surface area contributed by atoms with Gasteiger partial charge in [-0.05, 0) is 44.1 Å². The lowest BCUT2D eigenvalue weighted by molar-refractivity contribution is -0.164. The Morgan fingerprint density at radius 3 is 2.00 bits per heavy atom. The molecule has 0 radical (unpaired) electrons. The summed E-state index contributed by atoms with van der Waals surface area (Å²) < 4.78 is 5.77. The zero-order chi connectivity index (χ0) is 20.5. The monoisotopic (exact) mass is 378 g/mol. The smallest absolute Gasteiger partial charge is 0.310 e. The van der Waals surface area contributed by atoms with E-state index in [1.165, 1.54) is 0 Å². The van der Waals surface area contributed by atoms with Gasteiger partial charge in [0.05, 0.1) is 5.92 Å². The Hall–Kier alpha value is -2.42. The number of rotatable bonds is 4. The summed E-state index contributed by atoms with van der Waals surface area (Å²) in [6.07, 6.45) is 0.768. The molecular formula is C25H30O3. The molecule has 1 saturated carbocycles. The fraction of sp³-hybridized carbons (Fsp3) is 0.440. The van der Waals surface area contributed by atoms with Crippen molar-refractivity contribution in [1.82, 2.24) is 0 Å². The van der Waals surface area contributed by atoms with E-state index in [1.807, 2.05) is 69.3 Å². The molecule has 1 aliphatic rings. The van der Waals surface area contributed by atoms with Crippen molar-refractivity contribution < 1.29 is 14.3 Å². The Bertz CT molecular complexity index is 831. The summed E-state index contributed by atoms with van der Waals surface area (Å²) in [6, 6.07) is 19.4. The van der Waals surface area contributed by atoms with Gasteiger partial charge in [0.2, 0.25) is 0 Å². The molecular weight excluding hydrogens is 348 g/mol. The van der Waals surface area contributed by atoms with E-state index in [2.05, 4.69) is 26.0 Å². The number of benzene rings is 2. The molecule has 28 heavy (non-hydrogen) atoms. The number of hydrogen-bond donors (Lipinski definition) is 0. The molecule has 0 spiro atoms. The van der Waals surface area contributed by atoms with Crippen molar-refractivity contribution in [2.24, 2.45) is 17.3 Å². The van der Waals surface area contributed by atoms with Gasteiger partial charge in [-0.15, -0.1) is 0 Å². The van der Waals surface area contributed by atoms with Crippen LogP contribution in [0.5, 0.6) is 0 Å². The molecule has 0 bridgehead atoms. The fourth-order valence-corrected chi connectivity index (χ4v) is 4.52. The number of hydrogen-bond acceptors (Lipinski definition) is 3. The van der Waals surface area contributed by atoms with E-state index in [0.717, 1.165) is 12.0 Å². The molecule has 0 saturated heterocycles. The maximum Gasteiger partial charge on any atom is 0.310 e. The predicted molar refractivity (Wildman–Crippen MR) is 111 cm³/mol. The molecule has 0 N–H and O–H groups in total. The Balaban J connectivity index is 2.07. The van der Waals surface area contributed by atoms with Crippen molar-refractivity contribution in [2.45, 2.75) is 52.6 Å². The van der Waals surface area contributed by atoms with E-state index in [0.29, 0.717) is 5.56 Å². The molecule has 0 amide bonds. The summed E-state index contributed by atoms with van der Waals surface area (Å²) in [4.78, 5) is 26.8. The van der Waals surface area contributed by atoms with Gasteiger partial charge in [-0.3, -0.25) is 9.59 Å². The van der Waals surface area contributed by atoms with Gasteiger partial charge in [-0.25, -0.2) is 0 Å². The zero-order valence-electron chi connectivity index (χ0n) is 17.4. The average molecular weight is 379 g/mol. The number of carbonyl (C=O) groups excluding carboxylic acids is 2. The molecule has 1 aliphatic carbocycles. The predicted octanol–water partition coefficient (Wildman–Crippen LogP) is 5.66. The number of esters is 1. The van der Waals surface area contributed by atoms with Gasteiger partial charge in [0, 0.05) is 11.5 Å². The molecule has 0 aliphatic heterocycles. The first-order valence-electron chi connectivity index (χ1n) is 9.97. The highest BCUT2D eigenvalue weighted by Gasteiger charge is 2.56. The average Bonchev–Trinajstić information content (AvgIpc) is 2.92. The second-order valence-corrected chi connectivity index (χ2v) is 9.48. The van der Waals surface area contributed by atoms with Crippen LogP contribution in [-0.4, -0.2) is 17.4 Å². The first kappa shape index (κ1) is 20.3. The third kappa shape index (κ3) is 4.19. The van der Waals surface area contributed by atoms with Crippen LogP contribution in [0.4, 0.5) is 0 Å². The van der Waals surface area contributed by atoms with Crippen molar-refractivity contribution >= 4 is 11.8 Å². The lowest BCUT2D eigenvalue weighted by Gasteiger charge is -2.31. The largest absolute Gasteiger partial charge is 0.460 e. The fourth-order valence-electron chi connectivity index (χ4n) is 4.52. The Morgan fingerprint density at radius 2 is 1.46 bits per heavy atom. The number of Topliss-reactive ketones (excluding diaryl/α,β-unsaturated/α-hetero) is 1. The van der Waals surface area contributed by atoms with E-state index >= 15 is 0 Å². The van der Waals surface area contributed by atoms with Gasteiger partial charge in [-0.2, -0.15) is 0 Å². The van der Waals surface area contributed by atoms with Crippen LogP contribution in [0, 0.1) is 17.3 Å². The molecule has 3 nitrogen and oxygen atoms in total. The highest BCUT2D eigenvalue weighted by atomic mass is 16.6. The third-order valence-electron chi connectivity index (χ3n) is 5.63. The summed E-state index contributed by atoms with van der Waals surface area (Å²) in [7, 11) is 0. The van der Waals surface area contributed by atoms with Crippen LogP contribution >= 0.6 is 0 Å². The lowest BCUT2D eigenvalue weighted by atomic mass is 9.75. The second-order valence-electron chi connectivity index (χ2n) is 9.48. The first-order chi connectivity index (χ1) is 13.1. The minimum atomic E-state index is -0.585. The molecule has 0 unspecified atom stereocenters. The SMILES string of the molecule is CC(C)(C)OC(=O)[C@H]1[C@@H](C(=O)c2ccccc2)[C@H](c2ccccc2)CC1(C)C. The molecule has 3 heteroatoms. The van der Waals surface area contributed by atoms with E-state index < -0.39 is 17.4 Å². The van der Waals surface area contributed by atoms with Crippen molar-refractivity contribution in [3.05, 3.63) is 71.8 Å². The van der Waals surface area contributed by atoms with Crippen LogP contribution < -0.4 is 0 Å². The van der Waals surface area contributed by atoms with Crippen LogP contribution in [0.25, 0.3) is 0 Å². The van der Waals surface area contributed by atoms with Gasteiger partial charge in [0.1, 0.15) is 5.60 Å². The van der Waals surface area contributed by atoms with Gasteiger partial charge in [0.15, 0.2) is 5.78 Å². The van der Waals surface area contributed by atoms with E-state index in [1.54, 1.807) is 0 Å². The van der Waals surface area contributed by atoms with Gasteiger partial charge >= 0.3 is 5.97 Å². The molecule has 2 aromatic rings. The summed E-state index contributed by atoms with van der Waals surface area (Å²) in [5, 5.41) is 0. The Morgan fingerprint density at radius 1 is 0.929 bits per heavy atom. The Kier molecular flexibility index (Phi) is 5.47. The topological polar surface area (TPSA) is 43.4 Å². The van der Waals surface area contributed by atoms with Crippen LogP contribution in [0.1, 0.15) is 62.9 Å². The van der Waals surface area contributed by atoms with Crippen LogP contribution in [-0.2, 0) is 9.53 Å². The lowest BCUT2D eigenvalue weighted by Crippen LogP contribution is -2.39. The molecule has 3 atom stereocenters. The van der Waals surface area contributed by atoms with Crippen LogP contribution in [0.2, 0.25) is 0 Å². The summed E-state index contributed by atoms with van der Waals surface area (Å²) in [5.41, 5.74) is 0.839. The van der Waals surface area contributed by atoms with E-state index in [9.17, 15) is 9.59 Å². The van der Waals surface area contributed by atoms with Crippen molar-refractivity contribution in [2.75, 3.05) is 0 Å². The summed E-state index contributed by atoms with van der Waals surface area (Å²) in [5.74, 6) is -1.18. The molecule has 148 valence electrons. The zero-order valence-corrected chi connectivity index (χ0v) is 17.4. The minimum absolute atomic E-state index is 0.0126. The van der Waals surface area contributed by atoms with Gasteiger partial charge in [-0.1, -0.05) is 74.5 Å². The number of carbonyl (C=O) groups is 2. The maximum atomic E-state index is 13.6. The van der Waals surface area contributed by atoms with Crippen molar-refractivity contribution in [3.8, 4) is 0 Å². The summed E-state index contributed by atoms with van der Waals surface area (Å²) >= 11 is 0. The highest BCUT2D eigenvalue weighted by Crippen LogP contribution is 2.55. The van der Waals surface area contributed by atoms with Crippen molar-refractivity contribution in [1.29, 1.82) is 0 Å². The molecule has 0 aromatic heterocycles. The summed E-state index contributed by atoms with van der Waals surface area (Å²) in [6.45, 7) is 9.77. The molecule has 2 aromatic carbocycles. The number of ether oxygens (including phenoxy) is 1. The molecule has 0 heterocycles. The first-order valence-corrected chi connectivity index (χ1v) is 9.97. The minimum Gasteiger partial charge on any atom is -0.460 e.